The average molecular weight is 353 g/mol. The van der Waals surface area contributed by atoms with Gasteiger partial charge in [-0.05, 0) is 29.8 Å². The summed E-state index contributed by atoms with van der Waals surface area (Å²) in [6.07, 6.45) is 1.03. The Morgan fingerprint density at radius 2 is 1.81 bits per heavy atom. The molecule has 2 amide bonds. The molecule has 26 heavy (non-hydrogen) atoms. The lowest BCUT2D eigenvalue weighted by molar-refractivity contribution is -0.674. The number of nitrogens with zero attached hydrogens (tertiary/aromatic N) is 1. The molecule has 2 N–H and O–H groups in total. The Hall–Kier alpha value is -2.99. The quantitative estimate of drug-likeness (QED) is 0.618. The van der Waals surface area contributed by atoms with E-state index in [2.05, 4.69) is 4.74 Å². The monoisotopic (exact) mass is 353 g/mol. The van der Waals surface area contributed by atoms with Crippen LogP contribution in [0.2, 0.25) is 0 Å². The Morgan fingerprint density at radius 1 is 1.12 bits per heavy atom. The Balaban J connectivity index is 1.62. The van der Waals surface area contributed by atoms with Gasteiger partial charge < -0.3 is 10.1 Å². The molecule has 0 aromatic heterocycles. The highest BCUT2D eigenvalue weighted by Crippen LogP contribution is 2.22. The van der Waals surface area contributed by atoms with Gasteiger partial charge in [-0.15, -0.1) is 0 Å². The van der Waals surface area contributed by atoms with Gasteiger partial charge in [-0.2, -0.15) is 0 Å². The van der Waals surface area contributed by atoms with Gasteiger partial charge in [0, 0.05) is 6.42 Å². The topological polar surface area (TPSA) is 80.3 Å². The Labute approximate surface area is 151 Å². The smallest absolute Gasteiger partial charge is 0.337 e. The summed E-state index contributed by atoms with van der Waals surface area (Å²) in [4.78, 5) is 37.6. The van der Waals surface area contributed by atoms with Crippen molar-refractivity contribution in [3.63, 3.8) is 0 Å². The summed E-state index contributed by atoms with van der Waals surface area (Å²) < 4.78 is 4.65. The van der Waals surface area contributed by atoms with E-state index in [9.17, 15) is 14.4 Å². The third-order valence-corrected chi connectivity index (χ3v) is 4.46. The molecule has 6 nitrogen and oxygen atoms in total. The average Bonchev–Trinajstić information content (AvgIpc) is 2.95. The summed E-state index contributed by atoms with van der Waals surface area (Å²) >= 11 is 0. The van der Waals surface area contributed by atoms with Gasteiger partial charge in [-0.25, -0.2) is 9.69 Å². The second-order valence-electron chi connectivity index (χ2n) is 6.18. The number of quaternary nitrogens is 1. The van der Waals surface area contributed by atoms with Crippen molar-refractivity contribution in [3.05, 3.63) is 65.7 Å². The predicted molar refractivity (Wildman–Crippen MR) is 95.6 cm³/mol. The molecule has 6 heteroatoms. The second-order valence-corrected chi connectivity index (χ2v) is 6.18. The minimum atomic E-state index is -0.456. The SMILES string of the molecule is COC(=O)c1ccc(N2C(=O)CC([NH2+]CCc3ccccc3)C2=O)cc1. The van der Waals surface area contributed by atoms with E-state index in [1.54, 1.807) is 24.3 Å². The summed E-state index contributed by atoms with van der Waals surface area (Å²) in [5.41, 5.74) is 2.06. The highest BCUT2D eigenvalue weighted by Gasteiger charge is 2.42. The van der Waals surface area contributed by atoms with E-state index in [1.165, 1.54) is 17.6 Å². The molecule has 0 saturated carbocycles. The number of imide groups is 1. The van der Waals surface area contributed by atoms with Crippen LogP contribution in [-0.4, -0.2) is 37.5 Å². The first-order chi connectivity index (χ1) is 12.6. The van der Waals surface area contributed by atoms with Crippen molar-refractivity contribution in [3.8, 4) is 0 Å². The third kappa shape index (κ3) is 3.81. The zero-order chi connectivity index (χ0) is 18.5. The van der Waals surface area contributed by atoms with Crippen LogP contribution in [-0.2, 0) is 20.7 Å². The molecule has 1 aliphatic rings. The van der Waals surface area contributed by atoms with E-state index in [4.69, 9.17) is 0 Å². The van der Waals surface area contributed by atoms with E-state index in [0.717, 1.165) is 13.0 Å². The maximum absolute atomic E-state index is 12.6. The molecule has 2 aromatic carbocycles. The summed E-state index contributed by atoms with van der Waals surface area (Å²) in [5, 5.41) is 1.93. The van der Waals surface area contributed by atoms with Crippen LogP contribution in [0.1, 0.15) is 22.3 Å². The number of amides is 2. The molecule has 2 aromatic rings. The number of carbonyl (C=O) groups excluding carboxylic acids is 3. The number of ether oxygens (including phenoxy) is 1. The van der Waals surface area contributed by atoms with Crippen LogP contribution < -0.4 is 10.2 Å². The lowest BCUT2D eigenvalue weighted by Gasteiger charge is -2.14. The van der Waals surface area contributed by atoms with Gasteiger partial charge in [0.25, 0.3) is 5.91 Å². The molecule has 1 unspecified atom stereocenters. The van der Waals surface area contributed by atoms with Crippen LogP contribution >= 0.6 is 0 Å². The number of esters is 1. The normalized spacial score (nSPS) is 16.8. The number of methoxy groups -OCH3 is 1. The van der Waals surface area contributed by atoms with Gasteiger partial charge in [0.2, 0.25) is 5.91 Å². The van der Waals surface area contributed by atoms with Gasteiger partial charge in [-0.1, -0.05) is 30.3 Å². The minimum absolute atomic E-state index is 0.187. The standard InChI is InChI=1S/C20H20N2O4/c1-26-20(25)15-7-9-16(10-8-15)22-18(23)13-17(19(22)24)21-12-11-14-5-3-2-4-6-14/h2-10,17,21H,11-13H2,1H3/p+1. The van der Waals surface area contributed by atoms with Crippen molar-refractivity contribution < 1.29 is 24.4 Å². The van der Waals surface area contributed by atoms with Crippen LogP contribution in [0.3, 0.4) is 0 Å². The van der Waals surface area contributed by atoms with Gasteiger partial charge in [0.15, 0.2) is 6.04 Å². The summed E-state index contributed by atoms with van der Waals surface area (Å²) in [5.74, 6) is -0.890. The van der Waals surface area contributed by atoms with Gasteiger partial charge in [0.05, 0.1) is 31.3 Å². The molecule has 0 bridgehead atoms. The number of nitrogens with two attached hydrogens (primary N) is 1. The maximum atomic E-state index is 12.6. The second kappa shape index (κ2) is 7.93. The molecular formula is C20H21N2O4+. The fourth-order valence-corrected chi connectivity index (χ4v) is 3.07. The Bertz CT molecular complexity index is 802. The molecule has 134 valence electrons. The zero-order valence-corrected chi connectivity index (χ0v) is 14.6. The van der Waals surface area contributed by atoms with Crippen LogP contribution in [0.15, 0.2) is 54.6 Å². The van der Waals surface area contributed by atoms with Crippen LogP contribution in [0.25, 0.3) is 0 Å². The van der Waals surface area contributed by atoms with Crippen molar-refractivity contribution in [2.45, 2.75) is 18.9 Å². The van der Waals surface area contributed by atoms with Crippen molar-refractivity contribution in [1.82, 2.24) is 0 Å². The fraction of sp³-hybridized carbons (Fsp3) is 0.250. The molecule has 3 rings (SSSR count). The maximum Gasteiger partial charge on any atom is 0.337 e. The number of hydrogen-bond acceptors (Lipinski definition) is 4. The van der Waals surface area contributed by atoms with Gasteiger partial charge >= 0.3 is 5.97 Å². The molecule has 1 saturated heterocycles. The number of anilines is 1. The van der Waals surface area contributed by atoms with E-state index < -0.39 is 12.0 Å². The minimum Gasteiger partial charge on any atom is -0.465 e. The Morgan fingerprint density at radius 3 is 2.46 bits per heavy atom. The van der Waals surface area contributed by atoms with E-state index >= 15 is 0 Å². The molecule has 1 aliphatic heterocycles. The van der Waals surface area contributed by atoms with E-state index in [0.29, 0.717) is 11.3 Å². The predicted octanol–water partition coefficient (Wildman–Crippen LogP) is 0.911. The molecule has 0 spiro atoms. The molecule has 1 heterocycles. The highest BCUT2D eigenvalue weighted by molar-refractivity contribution is 6.21. The number of hydrogen-bond donors (Lipinski definition) is 1. The van der Waals surface area contributed by atoms with Crippen LogP contribution in [0.5, 0.6) is 0 Å². The largest absolute Gasteiger partial charge is 0.465 e. The van der Waals surface area contributed by atoms with E-state index in [-0.39, 0.29) is 18.2 Å². The summed E-state index contributed by atoms with van der Waals surface area (Å²) in [7, 11) is 1.31. The van der Waals surface area contributed by atoms with Crippen molar-refractivity contribution >= 4 is 23.5 Å². The first kappa shape index (κ1) is 17.8. The molecule has 1 atom stereocenters. The number of carbonyl (C=O) groups is 3. The lowest BCUT2D eigenvalue weighted by atomic mass is 10.1. The van der Waals surface area contributed by atoms with Gasteiger partial charge in [-0.3, -0.25) is 9.59 Å². The van der Waals surface area contributed by atoms with E-state index in [1.807, 2.05) is 35.6 Å². The highest BCUT2D eigenvalue weighted by atomic mass is 16.5. The summed E-state index contributed by atoms with van der Waals surface area (Å²) in [6.45, 7) is 0.739. The molecular weight excluding hydrogens is 332 g/mol. The molecule has 1 fully saturated rings. The van der Waals surface area contributed by atoms with Crippen molar-refractivity contribution in [2.75, 3.05) is 18.6 Å². The Kier molecular flexibility index (Phi) is 5.43. The van der Waals surface area contributed by atoms with Crippen molar-refractivity contribution in [2.24, 2.45) is 0 Å². The molecule has 0 radical (unpaired) electrons. The number of rotatable bonds is 6. The third-order valence-electron chi connectivity index (χ3n) is 4.46. The lowest BCUT2D eigenvalue weighted by Crippen LogP contribution is -2.92. The van der Waals surface area contributed by atoms with Crippen molar-refractivity contribution in [1.29, 1.82) is 0 Å². The molecule has 0 aliphatic carbocycles. The summed E-state index contributed by atoms with van der Waals surface area (Å²) in [6, 6.07) is 15.9. The fourth-order valence-electron chi connectivity index (χ4n) is 3.07. The zero-order valence-electron chi connectivity index (χ0n) is 14.6. The first-order valence-corrected chi connectivity index (χ1v) is 8.52. The van der Waals surface area contributed by atoms with Crippen LogP contribution in [0.4, 0.5) is 5.69 Å². The van der Waals surface area contributed by atoms with Crippen LogP contribution in [0, 0.1) is 0 Å². The first-order valence-electron chi connectivity index (χ1n) is 8.52. The van der Waals surface area contributed by atoms with Gasteiger partial charge in [0.1, 0.15) is 0 Å². The number of benzene rings is 2.